The molecule has 0 heterocycles. The van der Waals surface area contributed by atoms with Gasteiger partial charge < -0.3 is 10.2 Å². The molecule has 0 radical (unpaired) electrons. The summed E-state index contributed by atoms with van der Waals surface area (Å²) in [5.41, 5.74) is -2.22. The first-order valence-corrected chi connectivity index (χ1v) is 4.31. The van der Waals surface area contributed by atoms with Crippen molar-refractivity contribution >= 4 is 11.9 Å². The third-order valence-corrected chi connectivity index (χ3v) is 3.52. The molecule has 0 saturated heterocycles. The van der Waals surface area contributed by atoms with Gasteiger partial charge in [0.15, 0.2) is 0 Å². The molecule has 0 amide bonds. The van der Waals surface area contributed by atoms with Gasteiger partial charge in [0.25, 0.3) is 0 Å². The van der Waals surface area contributed by atoms with E-state index >= 15 is 0 Å². The molecule has 74 valence electrons. The maximum atomic E-state index is 11.0. The zero-order valence-corrected chi connectivity index (χ0v) is 7.83. The molecule has 0 aliphatic heterocycles. The average Bonchev–Trinajstić information content (AvgIpc) is 2.31. The monoisotopic (exact) mass is 186 g/mol. The molecule has 2 unspecified atom stereocenters. The lowest BCUT2D eigenvalue weighted by Crippen LogP contribution is -2.44. The highest BCUT2D eigenvalue weighted by atomic mass is 16.4. The Bertz CT molecular complexity index is 234. The number of hydrogen-bond donors (Lipinski definition) is 2. The fourth-order valence-electron chi connectivity index (χ4n) is 2.03. The summed E-state index contributed by atoms with van der Waals surface area (Å²) < 4.78 is 0. The first-order valence-electron chi connectivity index (χ1n) is 4.31. The first-order chi connectivity index (χ1) is 5.84. The molecule has 4 nitrogen and oxygen atoms in total. The second kappa shape index (κ2) is 2.72. The van der Waals surface area contributed by atoms with E-state index in [2.05, 4.69) is 0 Å². The Balaban J connectivity index is 3.11. The third-order valence-electron chi connectivity index (χ3n) is 3.52. The summed E-state index contributed by atoms with van der Waals surface area (Å²) in [6, 6.07) is 0. The molecule has 1 saturated carbocycles. The smallest absolute Gasteiger partial charge is 0.310 e. The molecule has 0 spiro atoms. The average molecular weight is 186 g/mol. The minimum Gasteiger partial charge on any atom is -0.481 e. The molecule has 1 fully saturated rings. The van der Waals surface area contributed by atoms with Crippen LogP contribution < -0.4 is 0 Å². The van der Waals surface area contributed by atoms with E-state index in [0.29, 0.717) is 19.3 Å². The van der Waals surface area contributed by atoms with Crippen molar-refractivity contribution in [1.82, 2.24) is 0 Å². The summed E-state index contributed by atoms with van der Waals surface area (Å²) in [5.74, 6) is -2.01. The van der Waals surface area contributed by atoms with Gasteiger partial charge in [-0.3, -0.25) is 9.59 Å². The van der Waals surface area contributed by atoms with E-state index in [9.17, 15) is 9.59 Å². The number of carboxylic acid groups (broad SMARTS) is 2. The van der Waals surface area contributed by atoms with E-state index in [1.807, 2.05) is 0 Å². The molecule has 13 heavy (non-hydrogen) atoms. The highest BCUT2D eigenvalue weighted by Gasteiger charge is 2.58. The zero-order chi connectivity index (χ0) is 10.3. The van der Waals surface area contributed by atoms with Crippen LogP contribution in [-0.2, 0) is 9.59 Å². The Morgan fingerprint density at radius 1 is 1.00 bits per heavy atom. The number of aliphatic carboxylic acids is 2. The van der Waals surface area contributed by atoms with Crippen LogP contribution in [0, 0.1) is 10.8 Å². The maximum absolute atomic E-state index is 11.0. The molecule has 2 N–H and O–H groups in total. The van der Waals surface area contributed by atoms with Gasteiger partial charge >= 0.3 is 11.9 Å². The Labute approximate surface area is 76.6 Å². The van der Waals surface area contributed by atoms with Crippen LogP contribution in [0.1, 0.15) is 33.1 Å². The molecular weight excluding hydrogens is 172 g/mol. The van der Waals surface area contributed by atoms with Crippen molar-refractivity contribution in [1.29, 1.82) is 0 Å². The van der Waals surface area contributed by atoms with Gasteiger partial charge in [-0.15, -0.1) is 0 Å². The van der Waals surface area contributed by atoms with E-state index in [-0.39, 0.29) is 0 Å². The predicted octanol–water partition coefficient (Wildman–Crippen LogP) is 1.35. The second-order valence-electron chi connectivity index (χ2n) is 4.13. The molecule has 0 aromatic rings. The van der Waals surface area contributed by atoms with Crippen LogP contribution in [-0.4, -0.2) is 22.2 Å². The van der Waals surface area contributed by atoms with E-state index in [0.717, 1.165) is 0 Å². The van der Waals surface area contributed by atoms with Crippen LogP contribution in [0.25, 0.3) is 0 Å². The molecule has 0 bridgehead atoms. The standard InChI is InChI=1S/C9H14O4/c1-8(6(10)11)4-3-5-9(8,2)7(12)13/h3-5H2,1-2H3,(H,10,11)(H,12,13). The number of rotatable bonds is 2. The van der Waals surface area contributed by atoms with E-state index < -0.39 is 22.8 Å². The first kappa shape index (κ1) is 10.0. The Morgan fingerprint density at radius 3 is 1.54 bits per heavy atom. The van der Waals surface area contributed by atoms with Gasteiger partial charge in [0.05, 0.1) is 10.8 Å². The van der Waals surface area contributed by atoms with Gasteiger partial charge in [-0.05, 0) is 26.7 Å². The second-order valence-corrected chi connectivity index (χ2v) is 4.13. The van der Waals surface area contributed by atoms with Crippen molar-refractivity contribution in [2.24, 2.45) is 10.8 Å². The summed E-state index contributed by atoms with van der Waals surface area (Å²) >= 11 is 0. The Kier molecular flexibility index (Phi) is 2.10. The van der Waals surface area contributed by atoms with Gasteiger partial charge in [0.1, 0.15) is 0 Å². The van der Waals surface area contributed by atoms with Crippen LogP contribution >= 0.6 is 0 Å². The lowest BCUT2D eigenvalue weighted by atomic mass is 9.68. The van der Waals surface area contributed by atoms with Gasteiger partial charge in [0, 0.05) is 0 Å². The summed E-state index contributed by atoms with van der Waals surface area (Å²) in [6.45, 7) is 3.05. The summed E-state index contributed by atoms with van der Waals surface area (Å²) in [7, 11) is 0. The summed E-state index contributed by atoms with van der Waals surface area (Å²) in [5, 5.41) is 18.0. The third kappa shape index (κ3) is 1.12. The van der Waals surface area contributed by atoms with E-state index in [1.165, 1.54) is 13.8 Å². The fourth-order valence-corrected chi connectivity index (χ4v) is 2.03. The quantitative estimate of drug-likeness (QED) is 0.682. The van der Waals surface area contributed by atoms with Crippen molar-refractivity contribution in [2.45, 2.75) is 33.1 Å². The summed E-state index contributed by atoms with van der Waals surface area (Å²) in [6.07, 6.45) is 1.57. The minimum atomic E-state index is -1.11. The summed E-state index contributed by atoms with van der Waals surface area (Å²) in [4.78, 5) is 22.0. The highest BCUT2D eigenvalue weighted by Crippen LogP contribution is 2.52. The Morgan fingerprint density at radius 2 is 1.31 bits per heavy atom. The van der Waals surface area contributed by atoms with Crippen LogP contribution in [0.2, 0.25) is 0 Å². The van der Waals surface area contributed by atoms with Crippen LogP contribution in [0.3, 0.4) is 0 Å². The molecule has 4 heteroatoms. The number of carboxylic acids is 2. The SMILES string of the molecule is CC1(C(=O)O)CCCC1(C)C(=O)O. The topological polar surface area (TPSA) is 74.6 Å². The van der Waals surface area contributed by atoms with Gasteiger partial charge in [-0.25, -0.2) is 0 Å². The highest BCUT2D eigenvalue weighted by molar-refractivity contribution is 5.86. The van der Waals surface area contributed by atoms with E-state index in [4.69, 9.17) is 10.2 Å². The molecule has 0 aromatic heterocycles. The van der Waals surface area contributed by atoms with Gasteiger partial charge in [0.2, 0.25) is 0 Å². The number of carbonyl (C=O) groups is 2. The van der Waals surface area contributed by atoms with Crippen LogP contribution in [0.5, 0.6) is 0 Å². The maximum Gasteiger partial charge on any atom is 0.310 e. The Hall–Kier alpha value is -1.06. The van der Waals surface area contributed by atoms with Crippen LogP contribution in [0.4, 0.5) is 0 Å². The van der Waals surface area contributed by atoms with Crippen LogP contribution in [0.15, 0.2) is 0 Å². The number of hydrogen-bond acceptors (Lipinski definition) is 2. The molecule has 2 atom stereocenters. The largest absolute Gasteiger partial charge is 0.481 e. The van der Waals surface area contributed by atoms with Gasteiger partial charge in [-0.1, -0.05) is 6.42 Å². The van der Waals surface area contributed by atoms with Crippen molar-refractivity contribution < 1.29 is 19.8 Å². The molecule has 1 aliphatic carbocycles. The lowest BCUT2D eigenvalue weighted by molar-refractivity contribution is -0.167. The normalized spacial score (nSPS) is 38.9. The minimum absolute atomic E-state index is 0.450. The van der Waals surface area contributed by atoms with Crippen molar-refractivity contribution in [3.05, 3.63) is 0 Å². The molecule has 0 aromatic carbocycles. The lowest BCUT2D eigenvalue weighted by Gasteiger charge is -2.33. The molecule has 1 aliphatic rings. The van der Waals surface area contributed by atoms with Crippen molar-refractivity contribution in [3.63, 3.8) is 0 Å². The van der Waals surface area contributed by atoms with Crippen molar-refractivity contribution in [3.8, 4) is 0 Å². The zero-order valence-electron chi connectivity index (χ0n) is 7.83. The van der Waals surface area contributed by atoms with E-state index in [1.54, 1.807) is 0 Å². The predicted molar refractivity (Wildman–Crippen MR) is 45.3 cm³/mol. The van der Waals surface area contributed by atoms with Gasteiger partial charge in [-0.2, -0.15) is 0 Å². The molecular formula is C9H14O4. The molecule has 1 rings (SSSR count). The van der Waals surface area contributed by atoms with Crippen molar-refractivity contribution in [2.75, 3.05) is 0 Å². The fraction of sp³-hybridized carbons (Fsp3) is 0.778.